The average molecular weight is 535 g/mol. The number of hydrogen-bond donors (Lipinski definition) is 3. The zero-order valence-corrected chi connectivity index (χ0v) is 21.4. The number of para-hydroxylation sites is 1. The van der Waals surface area contributed by atoms with Gasteiger partial charge in [-0.15, -0.1) is 0 Å². The van der Waals surface area contributed by atoms with Crippen LogP contribution >= 0.6 is 0 Å². The summed E-state index contributed by atoms with van der Waals surface area (Å²) in [7, 11) is -3.69. The molecule has 2 aromatic carbocycles. The molecule has 0 bridgehead atoms. The van der Waals surface area contributed by atoms with Crippen molar-refractivity contribution in [3.63, 3.8) is 0 Å². The van der Waals surface area contributed by atoms with Crippen LogP contribution in [0.3, 0.4) is 0 Å². The summed E-state index contributed by atoms with van der Waals surface area (Å²) >= 11 is 0. The molecule has 4 N–H and O–H groups in total. The molecule has 0 aliphatic rings. The summed E-state index contributed by atoms with van der Waals surface area (Å²) in [5.41, 5.74) is 9.02. The van der Waals surface area contributed by atoms with Crippen LogP contribution in [0.25, 0.3) is 16.6 Å². The molecule has 10 nitrogen and oxygen atoms in total. The lowest BCUT2D eigenvalue weighted by Gasteiger charge is -2.11. The number of aromatic amines is 1. The van der Waals surface area contributed by atoms with Gasteiger partial charge in [-0.2, -0.15) is 5.10 Å². The normalized spacial score (nSPS) is 11.6. The monoisotopic (exact) mass is 534 g/mol. The minimum atomic E-state index is -3.69. The first-order valence-electron chi connectivity index (χ1n) is 11.4. The Balaban J connectivity index is 1.43. The lowest BCUT2D eigenvalue weighted by molar-refractivity contribution is 0.103. The number of ketones is 1. The van der Waals surface area contributed by atoms with Crippen LogP contribution in [0.4, 0.5) is 15.9 Å². The van der Waals surface area contributed by atoms with Gasteiger partial charge >= 0.3 is 0 Å². The van der Waals surface area contributed by atoms with E-state index in [4.69, 9.17) is 10.5 Å². The molecule has 5 aromatic rings. The summed E-state index contributed by atoms with van der Waals surface area (Å²) in [4.78, 5) is 20.5. The van der Waals surface area contributed by atoms with E-state index >= 15 is 0 Å². The number of carbonyl (C=O) groups excluding carboxylic acids is 1. The molecule has 5 rings (SSSR count). The molecule has 194 valence electrons. The van der Waals surface area contributed by atoms with Crippen molar-refractivity contribution in [2.45, 2.75) is 13.8 Å². The van der Waals surface area contributed by atoms with E-state index in [1.807, 2.05) is 38.1 Å². The van der Waals surface area contributed by atoms with Crippen molar-refractivity contribution in [3.8, 4) is 17.3 Å². The number of rotatable bonds is 7. The van der Waals surface area contributed by atoms with E-state index in [0.717, 1.165) is 23.4 Å². The summed E-state index contributed by atoms with van der Waals surface area (Å²) in [6, 6.07) is 13.2. The largest absolute Gasteiger partial charge is 0.439 e. The highest BCUT2D eigenvalue weighted by molar-refractivity contribution is 7.92. The summed E-state index contributed by atoms with van der Waals surface area (Å²) in [5, 5.41) is 4.67. The van der Waals surface area contributed by atoms with Crippen molar-refractivity contribution in [1.82, 2.24) is 19.7 Å². The second-order valence-corrected chi connectivity index (χ2v) is 10.6. The Bertz CT molecular complexity index is 1830. The van der Waals surface area contributed by atoms with Gasteiger partial charge in [0.15, 0.2) is 0 Å². The van der Waals surface area contributed by atoms with Gasteiger partial charge in [0.1, 0.15) is 17.4 Å². The second-order valence-electron chi connectivity index (χ2n) is 8.84. The van der Waals surface area contributed by atoms with Crippen molar-refractivity contribution in [2.24, 2.45) is 0 Å². The number of carbonyl (C=O) groups is 1. The highest BCUT2D eigenvalue weighted by Gasteiger charge is 2.21. The van der Waals surface area contributed by atoms with Crippen molar-refractivity contribution in [3.05, 3.63) is 89.1 Å². The minimum absolute atomic E-state index is 0.0942. The second kappa shape index (κ2) is 9.30. The van der Waals surface area contributed by atoms with Crippen LogP contribution in [0, 0.1) is 19.7 Å². The molecule has 0 saturated heterocycles. The highest BCUT2D eigenvalue weighted by atomic mass is 32.2. The Hall–Kier alpha value is -4.71. The third-order valence-corrected chi connectivity index (χ3v) is 6.48. The van der Waals surface area contributed by atoms with Crippen molar-refractivity contribution >= 4 is 38.2 Å². The number of fused-ring (bicyclic) bond motifs is 1. The number of ether oxygens (including phenoxy) is 1. The van der Waals surface area contributed by atoms with Crippen molar-refractivity contribution in [1.29, 1.82) is 0 Å². The minimum Gasteiger partial charge on any atom is -0.439 e. The molecule has 0 spiro atoms. The van der Waals surface area contributed by atoms with Crippen LogP contribution in [0.2, 0.25) is 0 Å². The topological polar surface area (TPSA) is 145 Å². The van der Waals surface area contributed by atoms with Crippen LogP contribution in [-0.2, 0) is 10.0 Å². The van der Waals surface area contributed by atoms with Gasteiger partial charge in [-0.25, -0.2) is 22.5 Å². The zero-order chi connectivity index (χ0) is 27.2. The highest BCUT2D eigenvalue weighted by Crippen LogP contribution is 2.29. The van der Waals surface area contributed by atoms with E-state index in [1.54, 1.807) is 12.3 Å². The average Bonchev–Trinajstić information content (AvgIpc) is 3.43. The predicted octanol–water partition coefficient (Wildman–Crippen LogP) is 4.48. The molecule has 0 unspecified atom stereocenters. The third-order valence-electron chi connectivity index (χ3n) is 5.89. The number of nitrogens with zero attached hydrogens (tertiary/aromatic N) is 3. The lowest BCUT2D eigenvalue weighted by Crippen LogP contribution is -2.10. The Labute approximate surface area is 217 Å². The van der Waals surface area contributed by atoms with E-state index in [-0.39, 0.29) is 22.8 Å². The molecule has 3 heterocycles. The van der Waals surface area contributed by atoms with Gasteiger partial charge in [0, 0.05) is 17.0 Å². The number of nitrogens with two attached hydrogens (primary N) is 1. The van der Waals surface area contributed by atoms with E-state index < -0.39 is 21.6 Å². The number of nitrogen functional groups attached to an aromatic ring is 1. The van der Waals surface area contributed by atoms with Crippen LogP contribution in [0.1, 0.15) is 27.2 Å². The number of H-pyrrole nitrogens is 1. The van der Waals surface area contributed by atoms with Crippen molar-refractivity contribution < 1.29 is 22.3 Å². The first-order chi connectivity index (χ1) is 18.0. The molecule has 0 aliphatic heterocycles. The molecule has 0 saturated carbocycles. The zero-order valence-electron chi connectivity index (χ0n) is 20.6. The molecule has 0 aliphatic carbocycles. The molecule has 0 atom stereocenters. The Morgan fingerprint density at radius 1 is 1.11 bits per heavy atom. The van der Waals surface area contributed by atoms with Gasteiger partial charge < -0.3 is 15.5 Å². The fourth-order valence-corrected chi connectivity index (χ4v) is 4.56. The van der Waals surface area contributed by atoms with Gasteiger partial charge in [0.2, 0.25) is 21.7 Å². The molecular formula is C26H23FN6O4S. The van der Waals surface area contributed by atoms with E-state index in [9.17, 15) is 17.6 Å². The van der Waals surface area contributed by atoms with Gasteiger partial charge in [-0.3, -0.25) is 9.52 Å². The van der Waals surface area contributed by atoms with E-state index in [0.29, 0.717) is 28.2 Å². The first kappa shape index (κ1) is 25.0. The number of halogens is 1. The van der Waals surface area contributed by atoms with Crippen molar-refractivity contribution in [2.75, 3.05) is 16.7 Å². The summed E-state index contributed by atoms with van der Waals surface area (Å²) in [6.07, 6.45) is 3.82. The number of benzene rings is 2. The summed E-state index contributed by atoms with van der Waals surface area (Å²) < 4.78 is 46.8. The third kappa shape index (κ3) is 4.81. The van der Waals surface area contributed by atoms with E-state index in [2.05, 4.69) is 19.8 Å². The van der Waals surface area contributed by atoms with Crippen LogP contribution in [0.15, 0.2) is 60.9 Å². The van der Waals surface area contributed by atoms with Gasteiger partial charge in [-0.05, 0) is 49.2 Å². The first-order valence-corrected chi connectivity index (χ1v) is 13.3. The lowest BCUT2D eigenvalue weighted by atomic mass is 10.1. The fraction of sp³-hybridized carbons (Fsp3) is 0.115. The maximum Gasteiger partial charge on any atom is 0.229 e. The Morgan fingerprint density at radius 2 is 1.87 bits per heavy atom. The maximum absolute atomic E-state index is 14.4. The molecule has 0 radical (unpaired) electrons. The van der Waals surface area contributed by atoms with Gasteiger partial charge in [-0.1, -0.05) is 18.2 Å². The summed E-state index contributed by atoms with van der Waals surface area (Å²) in [5.74, 6) is -0.0513. The fourth-order valence-electron chi connectivity index (χ4n) is 4.01. The molecule has 12 heteroatoms. The number of aryl methyl sites for hydroxylation is 2. The smallest absolute Gasteiger partial charge is 0.229 e. The number of anilines is 2. The molecule has 0 fully saturated rings. The quantitative estimate of drug-likeness (QED) is 0.261. The predicted molar refractivity (Wildman–Crippen MR) is 142 cm³/mol. The molecular weight excluding hydrogens is 511 g/mol. The number of pyridine rings is 1. The number of nitrogens with one attached hydrogen (secondary N) is 2. The Kier molecular flexibility index (Phi) is 6.11. The van der Waals surface area contributed by atoms with Gasteiger partial charge in [0.05, 0.1) is 41.3 Å². The van der Waals surface area contributed by atoms with Crippen LogP contribution in [-0.4, -0.2) is 40.2 Å². The van der Waals surface area contributed by atoms with E-state index in [1.165, 1.54) is 23.0 Å². The molecule has 3 aromatic heterocycles. The SMILES string of the molecule is Cc1ccccc1Oc1cc(C)c(-n2ncc(C(=O)c3cc4cc(F)c(NS(C)(=O)=O)cc4[nH]3)c2N)cn1. The van der Waals surface area contributed by atoms with Crippen LogP contribution < -0.4 is 15.2 Å². The number of sulfonamides is 1. The maximum atomic E-state index is 14.4. The molecule has 0 amide bonds. The summed E-state index contributed by atoms with van der Waals surface area (Å²) in [6.45, 7) is 3.79. The number of aromatic nitrogens is 4. The molecule has 38 heavy (non-hydrogen) atoms. The van der Waals surface area contributed by atoms with Gasteiger partial charge in [0.25, 0.3) is 0 Å². The Morgan fingerprint density at radius 3 is 2.58 bits per heavy atom. The number of hydrogen-bond acceptors (Lipinski definition) is 7. The van der Waals surface area contributed by atoms with Crippen LogP contribution in [0.5, 0.6) is 11.6 Å². The standard InChI is InChI=1S/C26H23FN6O4S/c1-14-6-4-5-7-23(14)37-24-8-15(2)22(13-29-24)33-26(28)17(12-30-33)25(34)21-10-16-9-18(27)20(11-19(16)31-21)32-38(3,35)36/h4-13,31-32H,28H2,1-3H3.